The number of likely N-dealkylation sites (N-methyl/N-ethyl adjacent to an activating group) is 1. The Morgan fingerprint density at radius 3 is 2.45 bits per heavy atom. The highest BCUT2D eigenvalue weighted by Gasteiger charge is 2.49. The number of phenols is 2. The smallest absolute Gasteiger partial charge is 0.185 e. The number of aromatic hydroxyl groups is 2. The molecule has 38 heavy (non-hydrogen) atoms. The molecule has 0 saturated carbocycles. The third kappa shape index (κ3) is 5.36. The Labute approximate surface area is 236 Å². The largest absolute Gasteiger partial charge is 0.504 e. The molecule has 1 unspecified atom stereocenters. The summed E-state index contributed by atoms with van der Waals surface area (Å²) < 4.78 is 11.3. The van der Waals surface area contributed by atoms with E-state index in [0.29, 0.717) is 31.7 Å². The van der Waals surface area contributed by atoms with E-state index in [4.69, 9.17) is 25.9 Å². The Balaban J connectivity index is 1.93. The van der Waals surface area contributed by atoms with E-state index in [1.165, 1.54) is 10.5 Å². The number of thioether (sulfide) groups is 3. The summed E-state index contributed by atoms with van der Waals surface area (Å²) in [5.41, 5.74) is 15.3. The molecule has 2 aliphatic heterocycles. The van der Waals surface area contributed by atoms with Gasteiger partial charge in [-0.2, -0.15) is 0 Å². The Kier molecular flexibility index (Phi) is 8.85. The second kappa shape index (κ2) is 11.8. The number of phenolic OH excluding ortho intramolecular Hbond substituents is 2. The van der Waals surface area contributed by atoms with Crippen LogP contribution < -0.4 is 25.8 Å². The molecule has 2 aromatic rings. The van der Waals surface area contributed by atoms with Gasteiger partial charge in [0.15, 0.2) is 29.0 Å². The van der Waals surface area contributed by atoms with Gasteiger partial charge in [0.1, 0.15) is 4.08 Å². The van der Waals surface area contributed by atoms with E-state index in [9.17, 15) is 10.2 Å². The number of ether oxygens (including phenoxy) is 2. The van der Waals surface area contributed by atoms with Gasteiger partial charge in [0, 0.05) is 30.0 Å². The molecule has 0 bridgehead atoms. The molecule has 2 aromatic carbocycles. The van der Waals surface area contributed by atoms with Gasteiger partial charge in [-0.05, 0) is 42.4 Å². The van der Waals surface area contributed by atoms with Crippen molar-refractivity contribution in [2.45, 2.75) is 38.0 Å². The maximum absolute atomic E-state index is 10.4. The number of hydrogen-bond donors (Lipinski definition) is 5. The summed E-state index contributed by atoms with van der Waals surface area (Å²) in [7, 11) is 7.65. The second-order valence-corrected chi connectivity index (χ2v) is 13.1. The Hall–Kier alpha value is -2.41. The Bertz CT molecular complexity index is 1280. The highest BCUT2D eigenvalue weighted by atomic mass is 32.2. The van der Waals surface area contributed by atoms with Crippen LogP contribution in [-0.4, -0.2) is 80.2 Å². The first-order chi connectivity index (χ1) is 18.2. The number of nitrogens with one attached hydrogen (secondary N) is 1. The molecule has 0 spiro atoms. The highest BCUT2D eigenvalue weighted by molar-refractivity contribution is 8.22. The van der Waals surface area contributed by atoms with Crippen molar-refractivity contribution in [2.24, 2.45) is 21.5 Å². The SMILES string of the molecule is COc1c(OC)c2c(c(CC[NH+](C)C)c1SC)SC(CCN=C(N)N)(C1=NCCc3cc(O)c(O)cc31)S2. The summed E-state index contributed by atoms with van der Waals surface area (Å²) >= 11 is 5.09. The average Bonchev–Trinajstić information content (AvgIpc) is 3.26. The fraction of sp³-hybridized carbons (Fsp3) is 0.462. The van der Waals surface area contributed by atoms with Crippen molar-refractivity contribution in [2.75, 3.05) is 54.2 Å². The zero-order valence-electron chi connectivity index (χ0n) is 22.4. The summed E-state index contributed by atoms with van der Waals surface area (Å²) in [6, 6.07) is 3.26. The number of fused-ring (bicyclic) bond motifs is 2. The predicted molar refractivity (Wildman–Crippen MR) is 157 cm³/mol. The van der Waals surface area contributed by atoms with E-state index in [1.54, 1.807) is 61.6 Å². The van der Waals surface area contributed by atoms with Crippen LogP contribution in [0.2, 0.25) is 0 Å². The lowest BCUT2D eigenvalue weighted by atomic mass is 9.93. The molecule has 4 rings (SSSR count). The van der Waals surface area contributed by atoms with Crippen LogP contribution in [0.5, 0.6) is 23.0 Å². The Morgan fingerprint density at radius 1 is 1.13 bits per heavy atom. The minimum atomic E-state index is -0.588. The lowest BCUT2D eigenvalue weighted by molar-refractivity contribution is -0.858. The summed E-state index contributed by atoms with van der Waals surface area (Å²) in [4.78, 5) is 13.9. The van der Waals surface area contributed by atoms with E-state index in [0.717, 1.165) is 50.2 Å². The monoisotopic (exact) mass is 578 g/mol. The first kappa shape index (κ1) is 28.6. The molecule has 0 aromatic heterocycles. The highest BCUT2D eigenvalue weighted by Crippen LogP contribution is 2.66. The van der Waals surface area contributed by atoms with Crippen LogP contribution in [0.25, 0.3) is 0 Å². The standard InChI is InChI=1S/C26H35N5O4S3/c1-31(2)11-7-15-21(36-5)19(34-3)20(35-4)23-22(15)37-26(38-23,8-10-30-25(27)28)24-16-13-18(33)17(32)12-14(16)6-9-29-24/h12-13,32-33H,6-11H2,1-5H3,(H4,27,28,30)/p+1. The van der Waals surface area contributed by atoms with Gasteiger partial charge in [-0.1, -0.05) is 23.5 Å². The summed E-state index contributed by atoms with van der Waals surface area (Å²) in [6.07, 6.45) is 4.21. The van der Waals surface area contributed by atoms with Gasteiger partial charge in [0.25, 0.3) is 0 Å². The average molecular weight is 579 g/mol. The van der Waals surface area contributed by atoms with Crippen molar-refractivity contribution in [1.82, 2.24) is 0 Å². The van der Waals surface area contributed by atoms with Crippen molar-refractivity contribution in [3.63, 3.8) is 0 Å². The van der Waals surface area contributed by atoms with Crippen LogP contribution >= 0.6 is 35.3 Å². The first-order valence-electron chi connectivity index (χ1n) is 12.3. The summed E-state index contributed by atoms with van der Waals surface area (Å²) in [5, 5.41) is 20.6. The molecular weight excluding hydrogens is 543 g/mol. The quantitative estimate of drug-likeness (QED) is 0.124. The maximum atomic E-state index is 10.4. The maximum Gasteiger partial charge on any atom is 0.185 e. The molecule has 0 radical (unpaired) electrons. The number of aliphatic imine (C=N–C) groups is 2. The number of nitrogens with zero attached hydrogens (tertiary/aromatic N) is 2. The number of rotatable bonds is 10. The molecule has 2 heterocycles. The predicted octanol–water partition coefficient (Wildman–Crippen LogP) is 2.13. The summed E-state index contributed by atoms with van der Waals surface area (Å²) in [6.45, 7) is 1.95. The third-order valence-corrected chi connectivity index (χ3v) is 10.8. The van der Waals surface area contributed by atoms with Crippen LogP contribution in [0.1, 0.15) is 23.1 Å². The lowest BCUT2D eigenvalue weighted by Gasteiger charge is -2.32. The van der Waals surface area contributed by atoms with Gasteiger partial charge < -0.3 is 36.1 Å². The minimum absolute atomic E-state index is 0.0396. The first-order valence-corrected chi connectivity index (χ1v) is 15.2. The van der Waals surface area contributed by atoms with Crippen molar-refractivity contribution in [3.8, 4) is 23.0 Å². The number of nitrogens with two attached hydrogens (primary N) is 2. The van der Waals surface area contributed by atoms with Crippen LogP contribution in [0.4, 0.5) is 0 Å². The van der Waals surface area contributed by atoms with E-state index in [-0.39, 0.29) is 17.5 Å². The van der Waals surface area contributed by atoms with Gasteiger partial charge in [-0.15, -0.1) is 11.8 Å². The molecule has 2 aliphatic rings. The molecule has 1 atom stereocenters. The molecule has 0 aliphatic carbocycles. The molecule has 0 saturated heterocycles. The van der Waals surface area contributed by atoms with Crippen LogP contribution in [-0.2, 0) is 12.8 Å². The normalized spacial score (nSPS) is 18.1. The number of benzene rings is 2. The minimum Gasteiger partial charge on any atom is -0.504 e. The molecule has 12 heteroatoms. The molecular formula is C26H36N5O4S3+. The van der Waals surface area contributed by atoms with Gasteiger partial charge in [-0.25, -0.2) is 0 Å². The van der Waals surface area contributed by atoms with Gasteiger partial charge in [0.05, 0.1) is 50.4 Å². The van der Waals surface area contributed by atoms with E-state index in [2.05, 4.69) is 25.3 Å². The number of quaternary nitrogens is 1. The van der Waals surface area contributed by atoms with E-state index < -0.39 is 4.08 Å². The zero-order chi connectivity index (χ0) is 27.6. The second-order valence-electron chi connectivity index (χ2n) is 9.44. The van der Waals surface area contributed by atoms with Crippen LogP contribution in [0, 0.1) is 0 Å². The van der Waals surface area contributed by atoms with Crippen molar-refractivity contribution < 1.29 is 24.6 Å². The van der Waals surface area contributed by atoms with E-state index >= 15 is 0 Å². The van der Waals surface area contributed by atoms with Crippen molar-refractivity contribution in [1.29, 1.82) is 0 Å². The zero-order valence-corrected chi connectivity index (χ0v) is 24.8. The van der Waals surface area contributed by atoms with Gasteiger partial charge >= 0.3 is 0 Å². The molecule has 0 amide bonds. The van der Waals surface area contributed by atoms with Crippen molar-refractivity contribution in [3.05, 3.63) is 28.8 Å². The number of methoxy groups -OCH3 is 2. The topological polar surface area (TPSA) is 140 Å². The van der Waals surface area contributed by atoms with Crippen molar-refractivity contribution >= 4 is 47.0 Å². The summed E-state index contributed by atoms with van der Waals surface area (Å²) in [5.74, 6) is 1.20. The number of guanidine groups is 1. The van der Waals surface area contributed by atoms with Gasteiger partial charge in [-0.3, -0.25) is 9.98 Å². The van der Waals surface area contributed by atoms with Gasteiger partial charge in [0.2, 0.25) is 0 Å². The fourth-order valence-electron chi connectivity index (χ4n) is 4.82. The number of hydrogen-bond acceptors (Lipinski definition) is 9. The van der Waals surface area contributed by atoms with Crippen LogP contribution in [0.3, 0.4) is 0 Å². The third-order valence-electron chi connectivity index (χ3n) is 6.60. The molecule has 7 N–H and O–H groups in total. The van der Waals surface area contributed by atoms with E-state index in [1.807, 2.05) is 0 Å². The molecule has 206 valence electrons. The Morgan fingerprint density at radius 2 is 1.82 bits per heavy atom. The molecule has 9 nitrogen and oxygen atoms in total. The lowest BCUT2D eigenvalue weighted by Crippen LogP contribution is -3.06. The fourth-order valence-corrected chi connectivity index (χ4v) is 9.20. The van der Waals surface area contributed by atoms with Crippen LogP contribution in [0.15, 0.2) is 36.8 Å². The molecule has 0 fully saturated rings.